The molecule has 3 nitrogen and oxygen atoms in total. The molecule has 1 atom stereocenters. The molecule has 120 valence electrons. The summed E-state index contributed by atoms with van der Waals surface area (Å²) in [4.78, 5) is 0. The van der Waals surface area contributed by atoms with Crippen molar-refractivity contribution in [3.8, 4) is 0 Å². The lowest BCUT2D eigenvalue weighted by atomic mass is 9.99. The SMILES string of the molecule is S=C(NC[C@@H]1CCCO1)NC(c1ccccc1)c1ccccc1. The molecule has 3 rings (SSSR count). The Morgan fingerprint density at radius 1 is 1.04 bits per heavy atom. The Kier molecular flexibility index (Phi) is 5.61. The number of rotatable bonds is 5. The average molecular weight is 326 g/mol. The van der Waals surface area contributed by atoms with Crippen molar-refractivity contribution < 1.29 is 4.74 Å². The summed E-state index contributed by atoms with van der Waals surface area (Å²) in [5.74, 6) is 0. The van der Waals surface area contributed by atoms with Gasteiger partial charge in [0.05, 0.1) is 12.1 Å². The lowest BCUT2D eigenvalue weighted by Crippen LogP contribution is -2.41. The zero-order valence-electron chi connectivity index (χ0n) is 13.1. The average Bonchev–Trinajstić information content (AvgIpc) is 3.13. The first-order chi connectivity index (χ1) is 11.3. The smallest absolute Gasteiger partial charge is 0.167 e. The third-order valence-electron chi connectivity index (χ3n) is 4.06. The van der Waals surface area contributed by atoms with E-state index in [9.17, 15) is 0 Å². The molecule has 0 amide bonds. The summed E-state index contributed by atoms with van der Waals surface area (Å²) in [6.07, 6.45) is 2.53. The molecule has 0 aliphatic carbocycles. The Labute approximate surface area is 143 Å². The monoisotopic (exact) mass is 326 g/mol. The Balaban J connectivity index is 1.67. The Morgan fingerprint density at radius 2 is 1.65 bits per heavy atom. The van der Waals surface area contributed by atoms with Crippen LogP contribution in [0.3, 0.4) is 0 Å². The van der Waals surface area contributed by atoms with E-state index in [1.165, 1.54) is 11.1 Å². The van der Waals surface area contributed by atoms with Crippen molar-refractivity contribution in [1.29, 1.82) is 0 Å². The third kappa shape index (κ3) is 4.53. The van der Waals surface area contributed by atoms with Crippen molar-refractivity contribution in [3.05, 3.63) is 71.8 Å². The molecule has 23 heavy (non-hydrogen) atoms. The lowest BCUT2D eigenvalue weighted by molar-refractivity contribution is 0.114. The molecule has 1 fully saturated rings. The Bertz CT molecular complexity index is 572. The molecule has 0 radical (unpaired) electrons. The van der Waals surface area contributed by atoms with Gasteiger partial charge in [-0.15, -0.1) is 0 Å². The summed E-state index contributed by atoms with van der Waals surface area (Å²) in [7, 11) is 0. The first-order valence-corrected chi connectivity index (χ1v) is 8.49. The molecule has 2 N–H and O–H groups in total. The van der Waals surface area contributed by atoms with Crippen molar-refractivity contribution in [1.82, 2.24) is 10.6 Å². The molecule has 1 saturated heterocycles. The molecule has 0 unspecified atom stereocenters. The summed E-state index contributed by atoms with van der Waals surface area (Å²) in [5.41, 5.74) is 2.39. The molecule has 2 aromatic rings. The van der Waals surface area contributed by atoms with Crippen LogP contribution in [-0.2, 0) is 4.74 Å². The van der Waals surface area contributed by atoms with Gasteiger partial charge in [-0.25, -0.2) is 0 Å². The van der Waals surface area contributed by atoms with Gasteiger partial charge in [0.25, 0.3) is 0 Å². The fraction of sp³-hybridized carbons (Fsp3) is 0.316. The van der Waals surface area contributed by atoms with E-state index in [0.29, 0.717) is 5.11 Å². The number of thiocarbonyl (C=S) groups is 1. The highest BCUT2D eigenvalue weighted by Gasteiger charge is 2.17. The fourth-order valence-corrected chi connectivity index (χ4v) is 3.05. The van der Waals surface area contributed by atoms with E-state index in [2.05, 4.69) is 59.2 Å². The fourth-order valence-electron chi connectivity index (χ4n) is 2.84. The highest BCUT2D eigenvalue weighted by atomic mass is 32.1. The Hall–Kier alpha value is -1.91. The van der Waals surface area contributed by atoms with Gasteiger partial charge in [-0.05, 0) is 36.2 Å². The van der Waals surface area contributed by atoms with E-state index < -0.39 is 0 Å². The predicted octanol–water partition coefficient (Wildman–Crippen LogP) is 3.42. The largest absolute Gasteiger partial charge is 0.376 e. The molecule has 0 saturated carbocycles. The van der Waals surface area contributed by atoms with Crippen LogP contribution in [0.2, 0.25) is 0 Å². The second-order valence-corrected chi connectivity index (χ2v) is 6.15. The number of nitrogens with one attached hydrogen (secondary N) is 2. The van der Waals surface area contributed by atoms with Crippen LogP contribution in [0, 0.1) is 0 Å². The van der Waals surface area contributed by atoms with Gasteiger partial charge in [0.1, 0.15) is 0 Å². The van der Waals surface area contributed by atoms with E-state index in [1.807, 2.05) is 12.1 Å². The van der Waals surface area contributed by atoms with Crippen LogP contribution in [0.1, 0.15) is 30.0 Å². The molecule has 1 aliphatic heterocycles. The van der Waals surface area contributed by atoms with E-state index in [-0.39, 0.29) is 12.1 Å². The highest BCUT2D eigenvalue weighted by Crippen LogP contribution is 2.21. The lowest BCUT2D eigenvalue weighted by Gasteiger charge is -2.22. The number of benzene rings is 2. The van der Waals surface area contributed by atoms with E-state index in [0.717, 1.165) is 26.0 Å². The number of hydrogen-bond acceptors (Lipinski definition) is 2. The molecule has 2 aromatic carbocycles. The van der Waals surface area contributed by atoms with Crippen LogP contribution in [0.25, 0.3) is 0 Å². The number of ether oxygens (including phenoxy) is 1. The summed E-state index contributed by atoms with van der Waals surface area (Å²) in [6.45, 7) is 1.63. The first kappa shape index (κ1) is 16.0. The molecular weight excluding hydrogens is 304 g/mol. The van der Waals surface area contributed by atoms with E-state index in [1.54, 1.807) is 0 Å². The second kappa shape index (κ2) is 8.09. The number of hydrogen-bond donors (Lipinski definition) is 2. The molecule has 4 heteroatoms. The maximum atomic E-state index is 5.63. The normalized spacial score (nSPS) is 17.2. The molecule has 0 spiro atoms. The van der Waals surface area contributed by atoms with Gasteiger partial charge >= 0.3 is 0 Å². The highest BCUT2D eigenvalue weighted by molar-refractivity contribution is 7.80. The predicted molar refractivity (Wildman–Crippen MR) is 97.4 cm³/mol. The second-order valence-electron chi connectivity index (χ2n) is 5.74. The Morgan fingerprint density at radius 3 is 2.17 bits per heavy atom. The zero-order valence-corrected chi connectivity index (χ0v) is 13.9. The minimum Gasteiger partial charge on any atom is -0.376 e. The van der Waals surface area contributed by atoms with Crippen molar-refractivity contribution in [3.63, 3.8) is 0 Å². The van der Waals surface area contributed by atoms with Crippen LogP contribution in [0.4, 0.5) is 0 Å². The maximum absolute atomic E-state index is 5.63. The first-order valence-electron chi connectivity index (χ1n) is 8.09. The van der Waals surface area contributed by atoms with Crippen LogP contribution in [0.15, 0.2) is 60.7 Å². The zero-order chi connectivity index (χ0) is 15.9. The molecule has 1 aliphatic rings. The summed E-state index contributed by atoms with van der Waals surface area (Å²) in [5, 5.41) is 7.39. The third-order valence-corrected chi connectivity index (χ3v) is 4.32. The van der Waals surface area contributed by atoms with Crippen molar-refractivity contribution in [2.24, 2.45) is 0 Å². The van der Waals surface area contributed by atoms with Gasteiger partial charge in [-0.2, -0.15) is 0 Å². The minimum absolute atomic E-state index is 0.0434. The van der Waals surface area contributed by atoms with Gasteiger partial charge in [0, 0.05) is 13.2 Å². The van der Waals surface area contributed by atoms with Crippen molar-refractivity contribution >= 4 is 17.3 Å². The molecule has 0 aromatic heterocycles. The van der Waals surface area contributed by atoms with Gasteiger partial charge in [-0.1, -0.05) is 60.7 Å². The summed E-state index contributed by atoms with van der Waals surface area (Å²) >= 11 is 5.49. The molecule has 1 heterocycles. The van der Waals surface area contributed by atoms with Crippen LogP contribution >= 0.6 is 12.2 Å². The molecular formula is C19H22N2OS. The van der Waals surface area contributed by atoms with Crippen molar-refractivity contribution in [2.75, 3.05) is 13.2 Å². The van der Waals surface area contributed by atoms with Crippen LogP contribution in [-0.4, -0.2) is 24.4 Å². The van der Waals surface area contributed by atoms with E-state index in [4.69, 9.17) is 17.0 Å². The quantitative estimate of drug-likeness (QED) is 0.825. The van der Waals surface area contributed by atoms with Crippen molar-refractivity contribution in [2.45, 2.75) is 25.0 Å². The molecule has 0 bridgehead atoms. The minimum atomic E-state index is 0.0434. The van der Waals surface area contributed by atoms with Crippen LogP contribution in [0.5, 0.6) is 0 Å². The van der Waals surface area contributed by atoms with Gasteiger partial charge in [0.2, 0.25) is 0 Å². The van der Waals surface area contributed by atoms with Gasteiger partial charge < -0.3 is 15.4 Å². The maximum Gasteiger partial charge on any atom is 0.167 e. The standard InChI is InChI=1S/C19H22N2OS/c23-19(20-14-17-12-7-13-22-17)21-18(15-8-3-1-4-9-15)16-10-5-2-6-11-16/h1-6,8-11,17-18H,7,12-14H2,(H2,20,21,23)/t17-/m0/s1. The van der Waals surface area contributed by atoms with Gasteiger partial charge in [-0.3, -0.25) is 0 Å². The topological polar surface area (TPSA) is 33.3 Å². The van der Waals surface area contributed by atoms with Gasteiger partial charge in [0.15, 0.2) is 5.11 Å². The van der Waals surface area contributed by atoms with E-state index >= 15 is 0 Å². The van der Waals surface area contributed by atoms with Crippen LogP contribution < -0.4 is 10.6 Å². The summed E-state index contributed by atoms with van der Waals surface area (Å²) in [6, 6.07) is 20.8. The summed E-state index contributed by atoms with van der Waals surface area (Å²) < 4.78 is 5.63.